The molecule has 0 bridgehead atoms. The molecule has 0 aromatic carbocycles. The predicted molar refractivity (Wildman–Crippen MR) is 45.2 cm³/mol. The first-order chi connectivity index (χ1) is 6.62. The van der Waals surface area contributed by atoms with Crippen LogP contribution in [-0.2, 0) is 14.3 Å². The number of carbonyl (C=O) groups is 2. The standard InChI is InChI=1S/C8H12O7/c1-7(13)3(5(9)10)15-4(6(11)12)8(7,2)14/h3-4,13-14H,1-2H3,(H,9,10)(H,11,12). The van der Waals surface area contributed by atoms with Crippen molar-refractivity contribution in [2.75, 3.05) is 0 Å². The summed E-state index contributed by atoms with van der Waals surface area (Å²) in [5.41, 5.74) is -4.33. The fourth-order valence-electron chi connectivity index (χ4n) is 1.53. The summed E-state index contributed by atoms with van der Waals surface area (Å²) in [7, 11) is 0. The minimum absolute atomic E-state index is 1.02. The van der Waals surface area contributed by atoms with Crippen LogP contribution >= 0.6 is 0 Å². The molecule has 1 heterocycles. The van der Waals surface area contributed by atoms with Gasteiger partial charge in [0, 0.05) is 0 Å². The number of carboxylic acid groups (broad SMARTS) is 2. The van der Waals surface area contributed by atoms with E-state index in [4.69, 9.17) is 10.2 Å². The normalized spacial score (nSPS) is 45.3. The van der Waals surface area contributed by atoms with Crippen LogP contribution in [0.15, 0.2) is 0 Å². The Hall–Kier alpha value is -1.18. The lowest BCUT2D eigenvalue weighted by Crippen LogP contribution is -2.57. The van der Waals surface area contributed by atoms with Crippen LogP contribution in [-0.4, -0.2) is 55.8 Å². The van der Waals surface area contributed by atoms with Gasteiger partial charge in [0.1, 0.15) is 11.2 Å². The Labute approximate surface area is 84.9 Å². The summed E-state index contributed by atoms with van der Waals surface area (Å²) in [6.45, 7) is 2.05. The Morgan fingerprint density at radius 1 is 1.00 bits per heavy atom. The van der Waals surface area contributed by atoms with E-state index < -0.39 is 35.3 Å². The molecule has 4 N–H and O–H groups in total. The molecular formula is C8H12O7. The van der Waals surface area contributed by atoms with Gasteiger partial charge >= 0.3 is 11.9 Å². The van der Waals surface area contributed by atoms with Crippen LogP contribution in [0.1, 0.15) is 13.8 Å². The van der Waals surface area contributed by atoms with E-state index in [1.54, 1.807) is 0 Å². The lowest BCUT2D eigenvalue weighted by atomic mass is 9.81. The van der Waals surface area contributed by atoms with E-state index in [2.05, 4.69) is 4.74 Å². The minimum Gasteiger partial charge on any atom is -0.479 e. The average Bonchev–Trinajstić information content (AvgIpc) is 2.19. The molecule has 86 valence electrons. The summed E-state index contributed by atoms with van der Waals surface area (Å²) < 4.78 is 4.62. The number of rotatable bonds is 2. The highest BCUT2D eigenvalue weighted by atomic mass is 16.6. The van der Waals surface area contributed by atoms with E-state index in [1.165, 1.54) is 0 Å². The molecule has 0 saturated carbocycles. The quantitative estimate of drug-likeness (QED) is 0.443. The van der Waals surface area contributed by atoms with Crippen molar-refractivity contribution in [1.29, 1.82) is 0 Å². The zero-order valence-corrected chi connectivity index (χ0v) is 8.17. The number of aliphatic hydroxyl groups is 2. The molecule has 0 amide bonds. The summed E-state index contributed by atoms with van der Waals surface area (Å²) in [5.74, 6) is -3.05. The molecule has 4 atom stereocenters. The highest BCUT2D eigenvalue weighted by Crippen LogP contribution is 2.39. The fourth-order valence-corrected chi connectivity index (χ4v) is 1.53. The SMILES string of the molecule is CC1(O)C(C(=O)O)OC(C(=O)O)C1(C)O. The van der Waals surface area contributed by atoms with E-state index >= 15 is 0 Å². The van der Waals surface area contributed by atoms with Crippen LogP contribution in [0.25, 0.3) is 0 Å². The van der Waals surface area contributed by atoms with Gasteiger partial charge in [-0.05, 0) is 13.8 Å². The van der Waals surface area contributed by atoms with Gasteiger partial charge in [-0.1, -0.05) is 0 Å². The first kappa shape index (κ1) is 11.9. The van der Waals surface area contributed by atoms with Gasteiger partial charge in [-0.2, -0.15) is 0 Å². The second-order valence-corrected chi connectivity index (χ2v) is 3.87. The molecule has 15 heavy (non-hydrogen) atoms. The van der Waals surface area contributed by atoms with Crippen molar-refractivity contribution in [2.24, 2.45) is 0 Å². The lowest BCUT2D eigenvalue weighted by Gasteiger charge is -2.32. The van der Waals surface area contributed by atoms with Gasteiger partial charge in [0.2, 0.25) is 0 Å². The third-order valence-corrected chi connectivity index (χ3v) is 2.77. The zero-order chi connectivity index (χ0) is 12.0. The number of hydrogen-bond donors (Lipinski definition) is 4. The summed E-state index contributed by atoms with van der Waals surface area (Å²) in [6.07, 6.45) is -3.54. The zero-order valence-electron chi connectivity index (χ0n) is 8.17. The Morgan fingerprint density at radius 2 is 1.27 bits per heavy atom. The van der Waals surface area contributed by atoms with Crippen molar-refractivity contribution in [1.82, 2.24) is 0 Å². The van der Waals surface area contributed by atoms with Crippen LogP contribution in [0.2, 0.25) is 0 Å². The molecule has 0 radical (unpaired) electrons. The number of hydrogen-bond acceptors (Lipinski definition) is 5. The van der Waals surface area contributed by atoms with Crippen LogP contribution in [0.5, 0.6) is 0 Å². The number of aliphatic carboxylic acids is 2. The van der Waals surface area contributed by atoms with Crippen molar-refractivity contribution >= 4 is 11.9 Å². The lowest BCUT2D eigenvalue weighted by molar-refractivity contribution is -0.163. The summed E-state index contributed by atoms with van der Waals surface area (Å²) in [5, 5.41) is 36.9. The molecule has 4 unspecified atom stereocenters. The third kappa shape index (κ3) is 1.48. The van der Waals surface area contributed by atoms with Crippen molar-refractivity contribution in [3.05, 3.63) is 0 Å². The molecule has 7 nitrogen and oxygen atoms in total. The van der Waals surface area contributed by atoms with E-state index in [-0.39, 0.29) is 0 Å². The molecule has 1 aliphatic rings. The maximum absolute atomic E-state index is 10.7. The Kier molecular flexibility index (Phi) is 2.50. The van der Waals surface area contributed by atoms with E-state index in [0.717, 1.165) is 13.8 Å². The third-order valence-electron chi connectivity index (χ3n) is 2.77. The van der Waals surface area contributed by atoms with Crippen LogP contribution in [0, 0.1) is 0 Å². The maximum Gasteiger partial charge on any atom is 0.336 e. The maximum atomic E-state index is 10.7. The van der Waals surface area contributed by atoms with Gasteiger partial charge in [0.05, 0.1) is 0 Å². The van der Waals surface area contributed by atoms with Crippen molar-refractivity contribution in [2.45, 2.75) is 37.3 Å². The monoisotopic (exact) mass is 220 g/mol. The van der Waals surface area contributed by atoms with Gasteiger partial charge in [-0.15, -0.1) is 0 Å². The Bertz CT molecular complexity index is 276. The smallest absolute Gasteiger partial charge is 0.336 e. The van der Waals surface area contributed by atoms with Crippen LogP contribution < -0.4 is 0 Å². The molecule has 1 saturated heterocycles. The molecule has 0 aliphatic carbocycles. The molecule has 0 spiro atoms. The van der Waals surface area contributed by atoms with Crippen molar-refractivity contribution in [3.8, 4) is 0 Å². The first-order valence-corrected chi connectivity index (χ1v) is 4.18. The van der Waals surface area contributed by atoms with Crippen molar-refractivity contribution in [3.63, 3.8) is 0 Å². The molecule has 0 aromatic heterocycles. The summed E-state index contributed by atoms with van der Waals surface area (Å²) in [4.78, 5) is 21.4. The topological polar surface area (TPSA) is 124 Å². The first-order valence-electron chi connectivity index (χ1n) is 4.18. The molecule has 1 aliphatic heterocycles. The van der Waals surface area contributed by atoms with Gasteiger partial charge in [0.15, 0.2) is 12.2 Å². The highest BCUT2D eigenvalue weighted by molar-refractivity contribution is 5.80. The van der Waals surface area contributed by atoms with E-state index in [1.807, 2.05) is 0 Å². The Balaban J connectivity index is 3.15. The van der Waals surface area contributed by atoms with Crippen LogP contribution in [0.4, 0.5) is 0 Å². The fraction of sp³-hybridized carbons (Fsp3) is 0.750. The van der Waals surface area contributed by atoms with Gasteiger partial charge < -0.3 is 25.2 Å². The second-order valence-electron chi connectivity index (χ2n) is 3.87. The van der Waals surface area contributed by atoms with Gasteiger partial charge in [-0.3, -0.25) is 0 Å². The van der Waals surface area contributed by atoms with Crippen molar-refractivity contribution < 1.29 is 34.8 Å². The number of carboxylic acids is 2. The molecule has 7 heteroatoms. The average molecular weight is 220 g/mol. The summed E-state index contributed by atoms with van der Waals surface area (Å²) in [6, 6.07) is 0. The van der Waals surface area contributed by atoms with Gasteiger partial charge in [-0.25, -0.2) is 9.59 Å². The van der Waals surface area contributed by atoms with E-state index in [9.17, 15) is 19.8 Å². The molecule has 0 aromatic rings. The second kappa shape index (κ2) is 3.16. The molecule has 1 fully saturated rings. The Morgan fingerprint density at radius 3 is 1.40 bits per heavy atom. The predicted octanol–water partition coefficient (Wildman–Crippen LogP) is -1.57. The molecular weight excluding hydrogens is 208 g/mol. The van der Waals surface area contributed by atoms with Gasteiger partial charge in [0.25, 0.3) is 0 Å². The minimum atomic E-state index is -2.16. The van der Waals surface area contributed by atoms with E-state index in [0.29, 0.717) is 0 Å². The summed E-state index contributed by atoms with van der Waals surface area (Å²) >= 11 is 0. The largest absolute Gasteiger partial charge is 0.479 e. The number of ether oxygens (including phenoxy) is 1. The van der Waals surface area contributed by atoms with Crippen LogP contribution in [0.3, 0.4) is 0 Å². The molecule has 1 rings (SSSR count). The highest BCUT2D eigenvalue weighted by Gasteiger charge is 2.65.